The van der Waals surface area contributed by atoms with Crippen molar-refractivity contribution < 1.29 is 19.1 Å². The van der Waals surface area contributed by atoms with Gasteiger partial charge in [0.2, 0.25) is 11.8 Å². The molecule has 8 nitrogen and oxygen atoms in total. The van der Waals surface area contributed by atoms with Crippen LogP contribution in [0.4, 0.5) is 10.5 Å². The van der Waals surface area contributed by atoms with E-state index in [1.165, 1.54) is 0 Å². The van der Waals surface area contributed by atoms with Crippen LogP contribution in [-0.2, 0) is 9.59 Å². The number of imide groups is 1. The molecule has 0 bridgehead atoms. The summed E-state index contributed by atoms with van der Waals surface area (Å²) in [7, 11) is 1.55. The number of amides is 4. The number of ether oxygens (including phenoxy) is 1. The number of anilines is 1. The molecule has 0 atom stereocenters. The number of rotatable bonds is 8. The maximum Gasteiger partial charge on any atom is 0.321 e. The van der Waals surface area contributed by atoms with Gasteiger partial charge in [0.05, 0.1) is 20.2 Å². The second-order valence-electron chi connectivity index (χ2n) is 5.88. The molecule has 0 spiro atoms. The minimum Gasteiger partial charge on any atom is -0.497 e. The summed E-state index contributed by atoms with van der Waals surface area (Å²) in [4.78, 5) is 37.2. The Kier molecular flexibility index (Phi) is 6.76. The van der Waals surface area contributed by atoms with Crippen molar-refractivity contribution in [2.24, 2.45) is 0 Å². The Morgan fingerprint density at radius 2 is 1.92 bits per heavy atom. The summed E-state index contributed by atoms with van der Waals surface area (Å²) in [5.41, 5.74) is 0.619. The van der Waals surface area contributed by atoms with Crippen molar-refractivity contribution in [2.75, 3.05) is 32.1 Å². The van der Waals surface area contributed by atoms with E-state index in [4.69, 9.17) is 4.74 Å². The van der Waals surface area contributed by atoms with Crippen LogP contribution in [0.25, 0.3) is 0 Å². The van der Waals surface area contributed by atoms with Crippen molar-refractivity contribution in [2.45, 2.75) is 25.8 Å². The van der Waals surface area contributed by atoms with Gasteiger partial charge in [-0.3, -0.25) is 19.8 Å². The number of carbonyl (C=O) groups excluding carboxylic acids is 3. The van der Waals surface area contributed by atoms with Crippen LogP contribution in [0.15, 0.2) is 24.3 Å². The fourth-order valence-electron chi connectivity index (χ4n) is 2.20. The summed E-state index contributed by atoms with van der Waals surface area (Å²) in [6.07, 6.45) is 1.90. The van der Waals surface area contributed by atoms with Crippen LogP contribution in [0.2, 0.25) is 0 Å². The van der Waals surface area contributed by atoms with Gasteiger partial charge in [-0.1, -0.05) is 13.0 Å². The number of nitrogens with zero attached hydrogens (tertiary/aromatic N) is 1. The molecule has 0 unspecified atom stereocenters. The van der Waals surface area contributed by atoms with Gasteiger partial charge in [0.25, 0.3) is 0 Å². The number of hydrogen-bond donors (Lipinski definition) is 3. The van der Waals surface area contributed by atoms with E-state index in [2.05, 4.69) is 16.0 Å². The molecule has 1 fully saturated rings. The number of nitrogens with one attached hydrogen (secondary N) is 3. The molecule has 4 amide bonds. The summed E-state index contributed by atoms with van der Waals surface area (Å²) in [6, 6.07) is 6.73. The second-order valence-corrected chi connectivity index (χ2v) is 5.88. The summed E-state index contributed by atoms with van der Waals surface area (Å²) in [6.45, 7) is 2.37. The molecular weight excluding hydrogens is 324 g/mol. The van der Waals surface area contributed by atoms with Gasteiger partial charge in [0.1, 0.15) is 5.75 Å². The van der Waals surface area contributed by atoms with Crippen LogP contribution in [0, 0.1) is 0 Å². The first-order chi connectivity index (χ1) is 12.0. The minimum absolute atomic E-state index is 0.0277. The van der Waals surface area contributed by atoms with E-state index in [1.807, 2.05) is 6.92 Å². The highest BCUT2D eigenvalue weighted by atomic mass is 16.5. The van der Waals surface area contributed by atoms with Gasteiger partial charge in [-0.25, -0.2) is 4.79 Å². The van der Waals surface area contributed by atoms with E-state index in [0.717, 1.165) is 12.8 Å². The quantitative estimate of drug-likeness (QED) is 0.649. The number of carbonyl (C=O) groups is 3. The van der Waals surface area contributed by atoms with E-state index in [0.29, 0.717) is 18.0 Å². The molecule has 136 valence electrons. The van der Waals surface area contributed by atoms with E-state index < -0.39 is 11.9 Å². The lowest BCUT2D eigenvalue weighted by Gasteiger charge is -2.19. The van der Waals surface area contributed by atoms with Crippen molar-refractivity contribution in [1.29, 1.82) is 0 Å². The predicted octanol–water partition coefficient (Wildman–Crippen LogP) is 0.944. The van der Waals surface area contributed by atoms with Crippen LogP contribution < -0.4 is 20.7 Å². The predicted molar refractivity (Wildman–Crippen MR) is 93.4 cm³/mol. The molecule has 8 heteroatoms. The molecule has 0 saturated heterocycles. The summed E-state index contributed by atoms with van der Waals surface area (Å²) < 4.78 is 5.11. The number of hydrogen-bond acceptors (Lipinski definition) is 5. The fourth-order valence-corrected chi connectivity index (χ4v) is 2.20. The van der Waals surface area contributed by atoms with Crippen LogP contribution in [0.5, 0.6) is 5.75 Å². The third kappa shape index (κ3) is 6.80. The summed E-state index contributed by atoms with van der Waals surface area (Å²) in [5, 5.41) is 7.71. The molecule has 1 aromatic rings. The van der Waals surface area contributed by atoms with Crippen LogP contribution >= 0.6 is 0 Å². The second kappa shape index (κ2) is 9.03. The van der Waals surface area contributed by atoms with Crippen LogP contribution in [0.3, 0.4) is 0 Å². The normalized spacial score (nSPS) is 13.2. The van der Waals surface area contributed by atoms with Crippen molar-refractivity contribution in [3.63, 3.8) is 0 Å². The molecule has 0 radical (unpaired) electrons. The molecule has 3 N–H and O–H groups in total. The van der Waals surface area contributed by atoms with Crippen molar-refractivity contribution in [1.82, 2.24) is 15.5 Å². The third-order valence-electron chi connectivity index (χ3n) is 3.70. The molecule has 1 aliphatic carbocycles. The summed E-state index contributed by atoms with van der Waals surface area (Å²) in [5.74, 6) is -0.0364. The van der Waals surface area contributed by atoms with E-state index in [-0.39, 0.29) is 25.0 Å². The Morgan fingerprint density at radius 3 is 2.56 bits per heavy atom. The molecule has 0 aromatic heterocycles. The smallest absolute Gasteiger partial charge is 0.321 e. The molecule has 0 heterocycles. The Morgan fingerprint density at radius 1 is 1.20 bits per heavy atom. The average Bonchev–Trinajstić information content (AvgIpc) is 3.37. The molecule has 2 rings (SSSR count). The van der Waals surface area contributed by atoms with Gasteiger partial charge in [-0.05, 0) is 31.5 Å². The highest BCUT2D eigenvalue weighted by Gasteiger charge is 2.24. The number of benzene rings is 1. The number of urea groups is 1. The SMILES string of the molecule is CCN(CC(=O)NC(=O)NC1CC1)CC(=O)Nc1cccc(OC)c1. The van der Waals surface area contributed by atoms with Crippen molar-refractivity contribution >= 4 is 23.5 Å². The molecule has 1 saturated carbocycles. The first kappa shape index (κ1) is 18.7. The number of likely N-dealkylation sites (N-methyl/N-ethyl adjacent to an activating group) is 1. The molecule has 0 aliphatic heterocycles. The maximum absolute atomic E-state index is 12.1. The minimum atomic E-state index is -0.482. The highest BCUT2D eigenvalue weighted by Crippen LogP contribution is 2.18. The van der Waals surface area contributed by atoms with Gasteiger partial charge in [-0.2, -0.15) is 0 Å². The average molecular weight is 348 g/mol. The molecule has 1 aromatic carbocycles. The lowest BCUT2D eigenvalue weighted by Crippen LogP contribution is -2.46. The first-order valence-corrected chi connectivity index (χ1v) is 8.26. The zero-order valence-corrected chi connectivity index (χ0v) is 14.5. The van der Waals surface area contributed by atoms with Gasteiger partial charge in [0, 0.05) is 17.8 Å². The van der Waals surface area contributed by atoms with Crippen molar-refractivity contribution in [3.8, 4) is 5.75 Å². The molecule has 1 aliphatic rings. The van der Waals surface area contributed by atoms with E-state index in [1.54, 1.807) is 36.3 Å². The Labute approximate surface area is 146 Å². The highest BCUT2D eigenvalue weighted by molar-refractivity contribution is 5.96. The first-order valence-electron chi connectivity index (χ1n) is 8.26. The van der Waals surface area contributed by atoms with Crippen LogP contribution in [0.1, 0.15) is 19.8 Å². The summed E-state index contributed by atoms with van der Waals surface area (Å²) >= 11 is 0. The Balaban J connectivity index is 1.77. The third-order valence-corrected chi connectivity index (χ3v) is 3.70. The van der Waals surface area contributed by atoms with Gasteiger partial charge in [0.15, 0.2) is 0 Å². The fraction of sp³-hybridized carbons (Fsp3) is 0.471. The number of methoxy groups -OCH3 is 1. The lowest BCUT2D eigenvalue weighted by atomic mass is 10.3. The van der Waals surface area contributed by atoms with Crippen molar-refractivity contribution in [3.05, 3.63) is 24.3 Å². The Bertz CT molecular complexity index is 631. The zero-order valence-electron chi connectivity index (χ0n) is 14.5. The topological polar surface area (TPSA) is 99.8 Å². The monoisotopic (exact) mass is 348 g/mol. The zero-order chi connectivity index (χ0) is 18.2. The Hall–Kier alpha value is -2.61. The largest absolute Gasteiger partial charge is 0.497 e. The van der Waals surface area contributed by atoms with Gasteiger partial charge < -0.3 is 15.4 Å². The molecular formula is C17H24N4O4. The van der Waals surface area contributed by atoms with Crippen LogP contribution in [-0.4, -0.2) is 55.5 Å². The van der Waals surface area contributed by atoms with E-state index in [9.17, 15) is 14.4 Å². The van der Waals surface area contributed by atoms with Gasteiger partial charge >= 0.3 is 6.03 Å². The maximum atomic E-state index is 12.1. The lowest BCUT2D eigenvalue weighted by molar-refractivity contribution is -0.122. The molecule has 25 heavy (non-hydrogen) atoms. The van der Waals surface area contributed by atoms with Gasteiger partial charge in [-0.15, -0.1) is 0 Å². The van der Waals surface area contributed by atoms with E-state index >= 15 is 0 Å². The standard InChI is InChI=1S/C17H24N4O4/c1-3-21(11-16(23)20-17(24)19-12-7-8-12)10-15(22)18-13-5-4-6-14(9-13)25-2/h4-6,9,12H,3,7-8,10-11H2,1-2H3,(H,18,22)(H2,19,20,23,24).